The van der Waals surface area contributed by atoms with E-state index in [1.54, 1.807) is 0 Å². The molecule has 1 N–H and O–H groups in total. The van der Waals surface area contributed by atoms with Crippen LogP contribution in [0.3, 0.4) is 0 Å². The summed E-state index contributed by atoms with van der Waals surface area (Å²) in [5.41, 5.74) is -1.88. The summed E-state index contributed by atoms with van der Waals surface area (Å²) < 4.78 is 76.5. The first-order valence-corrected chi connectivity index (χ1v) is 10.3. The quantitative estimate of drug-likeness (QED) is 0.444. The highest BCUT2D eigenvalue weighted by molar-refractivity contribution is 8.00. The second kappa shape index (κ2) is 9.18. The van der Waals surface area contributed by atoms with Crippen molar-refractivity contribution in [3.05, 3.63) is 52.7 Å². The molecule has 0 radical (unpaired) electrons. The van der Waals surface area contributed by atoms with Crippen molar-refractivity contribution in [1.29, 1.82) is 0 Å². The first-order chi connectivity index (χ1) is 14.9. The number of amides is 2. The van der Waals surface area contributed by atoms with E-state index in [-0.39, 0.29) is 35.2 Å². The summed E-state index contributed by atoms with van der Waals surface area (Å²) in [6, 6.07) is 5.15. The average Bonchev–Trinajstić information content (AvgIpc) is 2.95. The van der Waals surface area contributed by atoms with Crippen LogP contribution >= 0.6 is 23.4 Å². The molecule has 0 spiro atoms. The van der Waals surface area contributed by atoms with Crippen molar-refractivity contribution in [1.82, 2.24) is 9.88 Å². The molecule has 1 atom stereocenters. The van der Waals surface area contributed by atoms with E-state index in [2.05, 4.69) is 10.3 Å². The van der Waals surface area contributed by atoms with Crippen LogP contribution in [0.1, 0.15) is 17.5 Å². The molecule has 0 saturated carbocycles. The Balaban J connectivity index is 1.59. The summed E-state index contributed by atoms with van der Waals surface area (Å²) in [6.45, 7) is -0.146. The number of nitrogens with zero attached hydrogens (tertiary/aromatic N) is 2. The SMILES string of the molecule is O=C1CC(Sc2cccc(C(F)(F)F)c2)C(=O)N1CCNc1ncc(C(F)(F)F)cc1Cl. The number of carbonyl (C=O) groups is 2. The number of hydrogen-bond acceptors (Lipinski definition) is 5. The van der Waals surface area contributed by atoms with E-state index >= 15 is 0 Å². The summed E-state index contributed by atoms with van der Waals surface area (Å²) in [6.07, 6.45) is -8.71. The predicted octanol–water partition coefficient (Wildman–Crippen LogP) is 5.10. The van der Waals surface area contributed by atoms with Crippen LogP contribution in [0.25, 0.3) is 0 Å². The Morgan fingerprint density at radius 3 is 2.41 bits per heavy atom. The van der Waals surface area contributed by atoms with Gasteiger partial charge in [-0.3, -0.25) is 14.5 Å². The third-order valence-electron chi connectivity index (χ3n) is 4.44. The topological polar surface area (TPSA) is 62.3 Å². The minimum atomic E-state index is -4.60. The highest BCUT2D eigenvalue weighted by Gasteiger charge is 2.39. The van der Waals surface area contributed by atoms with Crippen LogP contribution in [-0.4, -0.2) is 40.0 Å². The van der Waals surface area contributed by atoms with Gasteiger partial charge >= 0.3 is 12.4 Å². The second-order valence-corrected chi connectivity index (χ2v) is 8.38. The molecule has 0 aliphatic carbocycles. The highest BCUT2D eigenvalue weighted by atomic mass is 35.5. The van der Waals surface area contributed by atoms with Gasteiger partial charge in [-0.2, -0.15) is 26.3 Å². The minimum Gasteiger partial charge on any atom is -0.367 e. The Kier molecular flexibility index (Phi) is 6.94. The van der Waals surface area contributed by atoms with E-state index in [0.717, 1.165) is 28.8 Å². The lowest BCUT2D eigenvalue weighted by Crippen LogP contribution is -2.35. The first-order valence-electron chi connectivity index (χ1n) is 9.01. The molecule has 1 aliphatic heterocycles. The number of nitrogens with one attached hydrogen (secondary N) is 1. The van der Waals surface area contributed by atoms with E-state index in [9.17, 15) is 35.9 Å². The van der Waals surface area contributed by atoms with Crippen LogP contribution in [0.15, 0.2) is 41.4 Å². The lowest BCUT2D eigenvalue weighted by Gasteiger charge is -2.16. The zero-order valence-electron chi connectivity index (χ0n) is 15.9. The fourth-order valence-corrected chi connectivity index (χ4v) is 4.27. The number of hydrogen-bond donors (Lipinski definition) is 1. The maximum Gasteiger partial charge on any atom is 0.417 e. The van der Waals surface area contributed by atoms with Gasteiger partial charge < -0.3 is 5.32 Å². The predicted molar refractivity (Wildman–Crippen MR) is 105 cm³/mol. The van der Waals surface area contributed by atoms with Crippen molar-refractivity contribution in [2.75, 3.05) is 18.4 Å². The van der Waals surface area contributed by atoms with Gasteiger partial charge in [0.1, 0.15) is 5.82 Å². The van der Waals surface area contributed by atoms with Gasteiger partial charge in [-0.15, -0.1) is 11.8 Å². The summed E-state index contributed by atoms with van der Waals surface area (Å²) >= 11 is 6.65. The molecule has 32 heavy (non-hydrogen) atoms. The van der Waals surface area contributed by atoms with Gasteiger partial charge in [0, 0.05) is 30.6 Å². The third-order valence-corrected chi connectivity index (χ3v) is 5.91. The standard InChI is InChI=1S/C19H14ClF6N3O2S/c20-13-7-11(19(24,25)26)9-28-16(13)27-4-5-29-15(30)8-14(17(29)31)32-12-3-1-2-10(6-12)18(21,22)23/h1-3,6-7,9,14H,4-5,8H2,(H,27,28). The Morgan fingerprint density at radius 1 is 1.09 bits per heavy atom. The molecule has 1 unspecified atom stereocenters. The fourth-order valence-electron chi connectivity index (χ4n) is 2.90. The number of anilines is 1. The Morgan fingerprint density at radius 2 is 1.78 bits per heavy atom. The molecule has 1 aromatic carbocycles. The number of benzene rings is 1. The maximum absolute atomic E-state index is 12.9. The zero-order valence-corrected chi connectivity index (χ0v) is 17.5. The third kappa shape index (κ3) is 5.66. The normalized spacial score (nSPS) is 17.2. The molecule has 2 heterocycles. The molecular formula is C19H14ClF6N3O2S. The van der Waals surface area contributed by atoms with Gasteiger partial charge in [-0.05, 0) is 24.3 Å². The van der Waals surface area contributed by atoms with E-state index in [1.165, 1.54) is 12.1 Å². The Labute approximate surface area is 187 Å². The van der Waals surface area contributed by atoms with Gasteiger partial charge in [-0.25, -0.2) is 4.98 Å². The highest BCUT2D eigenvalue weighted by Crippen LogP contribution is 2.36. The van der Waals surface area contributed by atoms with E-state index < -0.39 is 40.5 Å². The van der Waals surface area contributed by atoms with Gasteiger partial charge in [0.15, 0.2) is 0 Å². The van der Waals surface area contributed by atoms with Crippen molar-refractivity contribution >= 4 is 41.0 Å². The fraction of sp³-hybridized carbons (Fsp3) is 0.316. The van der Waals surface area contributed by atoms with E-state index in [1.807, 2.05) is 0 Å². The van der Waals surface area contributed by atoms with Gasteiger partial charge in [-0.1, -0.05) is 17.7 Å². The van der Waals surface area contributed by atoms with E-state index in [4.69, 9.17) is 11.6 Å². The van der Waals surface area contributed by atoms with Crippen LogP contribution in [-0.2, 0) is 21.9 Å². The Bertz CT molecular complexity index is 1030. The first kappa shape index (κ1) is 24.2. The second-order valence-electron chi connectivity index (χ2n) is 6.70. The van der Waals surface area contributed by atoms with E-state index in [0.29, 0.717) is 12.3 Å². The molecule has 3 rings (SSSR count). The molecule has 1 fully saturated rings. The number of alkyl halides is 6. The monoisotopic (exact) mass is 497 g/mol. The molecule has 13 heteroatoms. The molecule has 1 aromatic heterocycles. The molecular weight excluding hydrogens is 484 g/mol. The van der Waals surface area contributed by atoms with Gasteiger partial charge in [0.25, 0.3) is 0 Å². The number of thioether (sulfide) groups is 1. The Hall–Kier alpha value is -2.47. The van der Waals surface area contributed by atoms with Crippen LogP contribution in [0, 0.1) is 0 Å². The van der Waals surface area contributed by atoms with Crippen molar-refractivity contribution in [2.24, 2.45) is 0 Å². The molecule has 1 aliphatic rings. The van der Waals surface area contributed by atoms with Crippen molar-refractivity contribution in [3.8, 4) is 0 Å². The number of halogens is 7. The summed E-state index contributed by atoms with van der Waals surface area (Å²) in [5.74, 6) is -1.12. The lowest BCUT2D eigenvalue weighted by molar-refractivity contribution is -0.139. The number of rotatable bonds is 6. The summed E-state index contributed by atoms with van der Waals surface area (Å²) in [5, 5.41) is 1.50. The lowest BCUT2D eigenvalue weighted by atomic mass is 10.2. The largest absolute Gasteiger partial charge is 0.417 e. The van der Waals surface area contributed by atoms with Gasteiger partial charge in [0.2, 0.25) is 11.8 Å². The summed E-state index contributed by atoms with van der Waals surface area (Å²) in [7, 11) is 0. The summed E-state index contributed by atoms with van der Waals surface area (Å²) in [4.78, 5) is 29.5. The van der Waals surface area contributed by atoms with Crippen molar-refractivity contribution < 1.29 is 35.9 Å². The average molecular weight is 498 g/mol. The number of imide groups is 1. The van der Waals surface area contributed by atoms with Crippen LogP contribution in [0.4, 0.5) is 32.2 Å². The zero-order chi connectivity index (χ0) is 23.7. The molecule has 172 valence electrons. The molecule has 2 amide bonds. The maximum atomic E-state index is 12.9. The molecule has 0 bridgehead atoms. The van der Waals surface area contributed by atoms with Crippen molar-refractivity contribution in [3.63, 3.8) is 0 Å². The minimum absolute atomic E-state index is 0.0312. The van der Waals surface area contributed by atoms with Gasteiger partial charge in [0.05, 0.1) is 21.4 Å². The van der Waals surface area contributed by atoms with Crippen LogP contribution < -0.4 is 5.32 Å². The van der Waals surface area contributed by atoms with Crippen LogP contribution in [0.5, 0.6) is 0 Å². The number of aromatic nitrogens is 1. The van der Waals surface area contributed by atoms with Crippen LogP contribution in [0.2, 0.25) is 5.02 Å². The smallest absolute Gasteiger partial charge is 0.367 e. The molecule has 5 nitrogen and oxygen atoms in total. The molecule has 1 saturated heterocycles. The number of pyridine rings is 1. The van der Waals surface area contributed by atoms with Crippen molar-refractivity contribution in [2.45, 2.75) is 28.9 Å². The number of carbonyl (C=O) groups excluding carboxylic acids is 2. The number of likely N-dealkylation sites (tertiary alicyclic amines) is 1. The molecule has 2 aromatic rings.